The normalized spacial score (nSPS) is 16.3. The molecule has 2 heterocycles. The van der Waals surface area contributed by atoms with Crippen LogP contribution in [0.2, 0.25) is 0 Å². The number of rotatable bonds is 3. The fraction of sp³-hybridized carbons (Fsp3) is 0.714. The van der Waals surface area contributed by atoms with Crippen molar-refractivity contribution >= 4 is 17.6 Å². The predicted octanol–water partition coefficient (Wildman–Crippen LogP) is 2.14. The van der Waals surface area contributed by atoms with Crippen molar-refractivity contribution in [2.45, 2.75) is 45.3 Å². The summed E-state index contributed by atoms with van der Waals surface area (Å²) in [5, 5.41) is 18.1. The number of nitrogens with zero attached hydrogens (tertiary/aromatic N) is 4. The largest absolute Gasteiger partial charge is 0.444 e. The molecule has 0 unspecified atom stereocenters. The van der Waals surface area contributed by atoms with Crippen molar-refractivity contribution in [1.29, 1.82) is 0 Å². The molecule has 2 rings (SSSR count). The zero-order valence-corrected chi connectivity index (χ0v) is 13.9. The molecule has 1 aromatic heterocycles. The van der Waals surface area contributed by atoms with E-state index in [2.05, 4.69) is 10.4 Å². The SMILES string of the molecule is Cn1ncc([N+](=O)[O-])c1NC1CCN(C(=O)OC(C)(C)C)CC1. The average Bonchev–Trinajstić information content (AvgIpc) is 2.79. The van der Waals surface area contributed by atoms with Gasteiger partial charge in [-0.3, -0.25) is 10.1 Å². The van der Waals surface area contributed by atoms with E-state index in [-0.39, 0.29) is 17.8 Å². The third kappa shape index (κ3) is 4.33. The lowest BCUT2D eigenvalue weighted by Gasteiger charge is -2.33. The lowest BCUT2D eigenvalue weighted by atomic mass is 10.1. The van der Waals surface area contributed by atoms with Crippen LogP contribution in [-0.2, 0) is 11.8 Å². The van der Waals surface area contributed by atoms with E-state index in [0.717, 1.165) is 0 Å². The summed E-state index contributed by atoms with van der Waals surface area (Å²) in [5.41, 5.74) is -0.552. The Labute approximate surface area is 134 Å². The average molecular weight is 325 g/mol. The molecular weight excluding hydrogens is 302 g/mol. The topological polar surface area (TPSA) is 103 Å². The highest BCUT2D eigenvalue weighted by Crippen LogP contribution is 2.26. The number of aryl methyl sites for hydroxylation is 1. The maximum Gasteiger partial charge on any atom is 0.410 e. The van der Waals surface area contributed by atoms with Crippen LogP contribution in [-0.4, -0.2) is 50.4 Å². The van der Waals surface area contributed by atoms with Crippen LogP contribution in [0.4, 0.5) is 16.3 Å². The number of anilines is 1. The number of piperidine rings is 1. The molecule has 0 atom stereocenters. The van der Waals surface area contributed by atoms with Crippen molar-refractivity contribution in [3.63, 3.8) is 0 Å². The van der Waals surface area contributed by atoms with Gasteiger partial charge in [0.05, 0.1) is 4.92 Å². The summed E-state index contributed by atoms with van der Waals surface area (Å²) in [5.74, 6) is 0.394. The Morgan fingerprint density at radius 1 is 1.43 bits per heavy atom. The number of ether oxygens (including phenoxy) is 1. The van der Waals surface area contributed by atoms with Crippen LogP contribution in [0.5, 0.6) is 0 Å². The fourth-order valence-corrected chi connectivity index (χ4v) is 2.45. The molecule has 0 saturated carbocycles. The molecule has 0 aromatic carbocycles. The van der Waals surface area contributed by atoms with E-state index in [1.54, 1.807) is 11.9 Å². The third-order valence-electron chi connectivity index (χ3n) is 3.60. The molecule has 1 aromatic rings. The van der Waals surface area contributed by atoms with Crippen molar-refractivity contribution < 1.29 is 14.5 Å². The molecule has 23 heavy (non-hydrogen) atoms. The number of carbonyl (C=O) groups is 1. The third-order valence-corrected chi connectivity index (χ3v) is 3.60. The lowest BCUT2D eigenvalue weighted by molar-refractivity contribution is -0.384. The minimum atomic E-state index is -0.512. The zero-order chi connectivity index (χ0) is 17.2. The van der Waals surface area contributed by atoms with Crippen molar-refractivity contribution in [3.05, 3.63) is 16.3 Å². The highest BCUT2D eigenvalue weighted by atomic mass is 16.6. The zero-order valence-electron chi connectivity index (χ0n) is 13.9. The van der Waals surface area contributed by atoms with Crippen LogP contribution >= 0.6 is 0 Å². The van der Waals surface area contributed by atoms with Crippen molar-refractivity contribution in [2.24, 2.45) is 7.05 Å². The molecule has 0 aliphatic carbocycles. The second kappa shape index (κ2) is 6.43. The first-order valence-electron chi connectivity index (χ1n) is 7.58. The molecule has 1 aliphatic rings. The minimum absolute atomic E-state index is 0.0397. The van der Waals surface area contributed by atoms with Gasteiger partial charge in [0.25, 0.3) is 0 Å². The van der Waals surface area contributed by atoms with Crippen LogP contribution in [0, 0.1) is 10.1 Å². The van der Waals surface area contributed by atoms with Gasteiger partial charge in [-0.1, -0.05) is 0 Å². The first-order valence-corrected chi connectivity index (χ1v) is 7.58. The highest BCUT2D eigenvalue weighted by Gasteiger charge is 2.28. The summed E-state index contributed by atoms with van der Waals surface area (Å²) < 4.78 is 6.81. The minimum Gasteiger partial charge on any atom is -0.444 e. The van der Waals surface area contributed by atoms with Gasteiger partial charge in [-0.25, -0.2) is 9.48 Å². The van der Waals surface area contributed by atoms with Gasteiger partial charge in [0, 0.05) is 26.2 Å². The van der Waals surface area contributed by atoms with Gasteiger partial charge in [-0.15, -0.1) is 0 Å². The molecule has 0 radical (unpaired) electrons. The number of carbonyl (C=O) groups excluding carboxylic acids is 1. The van der Waals surface area contributed by atoms with Crippen molar-refractivity contribution in [2.75, 3.05) is 18.4 Å². The number of hydrogen-bond donors (Lipinski definition) is 1. The summed E-state index contributed by atoms with van der Waals surface area (Å²) in [6, 6.07) is 0.0581. The van der Waals surface area contributed by atoms with Crippen molar-refractivity contribution in [3.8, 4) is 0 Å². The summed E-state index contributed by atoms with van der Waals surface area (Å²) in [4.78, 5) is 24.2. The van der Waals surface area contributed by atoms with E-state index in [1.807, 2.05) is 20.8 Å². The van der Waals surface area contributed by atoms with E-state index >= 15 is 0 Å². The van der Waals surface area contributed by atoms with Gasteiger partial charge in [0.2, 0.25) is 5.82 Å². The van der Waals surface area contributed by atoms with Crippen LogP contribution in [0.25, 0.3) is 0 Å². The van der Waals surface area contributed by atoms with Gasteiger partial charge in [-0.2, -0.15) is 5.10 Å². The van der Waals surface area contributed by atoms with E-state index in [9.17, 15) is 14.9 Å². The Morgan fingerprint density at radius 2 is 2.04 bits per heavy atom. The smallest absolute Gasteiger partial charge is 0.410 e. The first kappa shape index (κ1) is 17.0. The van der Waals surface area contributed by atoms with Gasteiger partial charge in [0.1, 0.15) is 11.8 Å². The van der Waals surface area contributed by atoms with Crippen LogP contribution in [0.15, 0.2) is 6.20 Å². The predicted molar refractivity (Wildman–Crippen MR) is 84.3 cm³/mol. The molecule has 9 nitrogen and oxygen atoms in total. The Bertz CT molecular complexity index is 584. The second-order valence-corrected chi connectivity index (χ2v) is 6.65. The molecule has 1 N–H and O–H groups in total. The monoisotopic (exact) mass is 325 g/mol. The van der Waals surface area contributed by atoms with Gasteiger partial charge < -0.3 is 15.0 Å². The van der Waals surface area contributed by atoms with E-state index in [1.165, 1.54) is 10.9 Å². The standard InChI is InChI=1S/C14H23N5O4/c1-14(2,3)23-13(20)18-7-5-10(6-8-18)16-12-11(19(21)22)9-15-17(12)4/h9-10,16H,5-8H2,1-4H3. The van der Waals surface area contributed by atoms with Gasteiger partial charge in [0.15, 0.2) is 0 Å². The van der Waals surface area contributed by atoms with E-state index < -0.39 is 10.5 Å². The summed E-state index contributed by atoms with van der Waals surface area (Å²) in [7, 11) is 1.66. The molecule has 1 amide bonds. The van der Waals surface area contributed by atoms with Crippen LogP contribution in [0.1, 0.15) is 33.6 Å². The summed E-state index contributed by atoms with van der Waals surface area (Å²) in [6.45, 7) is 6.61. The number of amides is 1. The number of nitro groups is 1. The molecule has 1 aliphatic heterocycles. The van der Waals surface area contributed by atoms with E-state index in [4.69, 9.17) is 4.74 Å². The van der Waals surface area contributed by atoms with Crippen molar-refractivity contribution in [1.82, 2.24) is 14.7 Å². The maximum absolute atomic E-state index is 12.0. The van der Waals surface area contributed by atoms with E-state index in [0.29, 0.717) is 31.7 Å². The quantitative estimate of drug-likeness (QED) is 0.674. The van der Waals surface area contributed by atoms with Gasteiger partial charge >= 0.3 is 11.8 Å². The molecule has 0 spiro atoms. The summed E-state index contributed by atoms with van der Waals surface area (Å²) >= 11 is 0. The Hall–Kier alpha value is -2.32. The molecule has 9 heteroatoms. The molecule has 1 fully saturated rings. The molecular formula is C14H23N5O4. The molecule has 0 bridgehead atoms. The number of nitrogens with one attached hydrogen (secondary N) is 1. The lowest BCUT2D eigenvalue weighted by Crippen LogP contribution is -2.44. The van der Waals surface area contributed by atoms with Crippen LogP contribution in [0.3, 0.4) is 0 Å². The summed E-state index contributed by atoms with van der Waals surface area (Å²) in [6.07, 6.45) is 2.31. The molecule has 1 saturated heterocycles. The molecule has 128 valence electrons. The maximum atomic E-state index is 12.0. The number of aromatic nitrogens is 2. The second-order valence-electron chi connectivity index (χ2n) is 6.65. The van der Waals surface area contributed by atoms with Crippen LogP contribution < -0.4 is 5.32 Å². The number of hydrogen-bond acceptors (Lipinski definition) is 6. The highest BCUT2D eigenvalue weighted by molar-refractivity contribution is 5.68. The fourth-order valence-electron chi connectivity index (χ4n) is 2.45. The Kier molecular flexibility index (Phi) is 4.76. The first-order chi connectivity index (χ1) is 10.7. The Balaban J connectivity index is 1.92. The number of likely N-dealkylation sites (tertiary alicyclic amines) is 1. The van der Waals surface area contributed by atoms with Gasteiger partial charge in [-0.05, 0) is 33.6 Å². The Morgan fingerprint density at radius 3 is 2.57 bits per heavy atom.